The molecule has 0 bridgehead atoms. The van der Waals surface area contributed by atoms with E-state index in [2.05, 4.69) is 49.8 Å². The number of H-pyrrole nitrogens is 3. The van der Waals surface area contributed by atoms with E-state index in [-0.39, 0.29) is 82.2 Å². The van der Waals surface area contributed by atoms with E-state index in [1.165, 1.54) is 61.3 Å². The molecule has 6 aliphatic rings. The van der Waals surface area contributed by atoms with Gasteiger partial charge in [-0.15, -0.1) is 0 Å². The van der Waals surface area contributed by atoms with Crippen LogP contribution in [-0.4, -0.2) is 196 Å². The van der Waals surface area contributed by atoms with Gasteiger partial charge in [-0.1, -0.05) is 54.2 Å². The van der Waals surface area contributed by atoms with Crippen molar-refractivity contribution in [2.75, 3.05) is 57.3 Å². The van der Waals surface area contributed by atoms with Crippen molar-refractivity contribution in [3.63, 3.8) is 0 Å². The molecule has 0 aromatic carbocycles. The Balaban J connectivity index is 0.670. The van der Waals surface area contributed by atoms with Crippen molar-refractivity contribution >= 4 is 151 Å². The maximum Gasteiger partial charge on any atom is 0.351 e. The lowest BCUT2D eigenvalue weighted by Gasteiger charge is -2.36. The molecule has 0 saturated carbocycles. The van der Waals surface area contributed by atoms with Gasteiger partial charge in [-0.2, -0.15) is 4.98 Å². The zero-order chi connectivity index (χ0) is 89.2. The van der Waals surface area contributed by atoms with Crippen LogP contribution < -0.4 is 76.2 Å². The van der Waals surface area contributed by atoms with Crippen LogP contribution in [0.3, 0.4) is 0 Å². The van der Waals surface area contributed by atoms with Crippen LogP contribution in [0, 0.1) is 27.7 Å². The Morgan fingerprint density at radius 1 is 0.444 bits per heavy atom. The minimum atomic E-state index is -5.00. The fourth-order valence-electron chi connectivity index (χ4n) is 14.4. The van der Waals surface area contributed by atoms with E-state index in [4.69, 9.17) is 171 Å². The number of imidazole rings is 2. The van der Waals surface area contributed by atoms with Gasteiger partial charge in [0.15, 0.2) is 29.7 Å². The Labute approximate surface area is 728 Å². The van der Waals surface area contributed by atoms with Crippen molar-refractivity contribution in [3.8, 4) is 0 Å². The van der Waals surface area contributed by atoms with E-state index in [1.54, 1.807) is 13.8 Å². The minimum absolute atomic E-state index is 0.00340. The molecule has 14 rings (SSSR count). The maximum atomic E-state index is 14.8. The summed E-state index contributed by atoms with van der Waals surface area (Å²) in [6.45, 7) is -24.4. The number of hydrogen-bond donors (Lipinski definition) is 7. The summed E-state index contributed by atoms with van der Waals surface area (Å²) in [7, 11) is 1.11. The number of aryl methyl sites for hydroxylation is 4. The average Bonchev–Trinajstić information content (AvgIpc) is 1.63. The second-order valence-electron chi connectivity index (χ2n) is 28.9. The first-order valence-electron chi connectivity index (χ1n) is 37.3. The monoisotopic (exact) mass is 1960 g/mol. The Bertz CT molecular complexity index is 6130. The first-order valence-corrected chi connectivity index (χ1v) is 52.6. The van der Waals surface area contributed by atoms with Crippen LogP contribution in [0.15, 0.2) is 83.7 Å². The molecular formula is C62H78N19O31P6S6-5. The predicted molar refractivity (Wildman–Crippen MR) is 441 cm³/mol. The number of nitrogens with zero attached hydrogens (tertiary/aromatic N) is 13. The fraction of sp³-hybridized carbons (Fsp3) is 0.581. The molecule has 6 aliphatic heterocycles. The smallest absolute Gasteiger partial charge is 0.351 e. The summed E-state index contributed by atoms with van der Waals surface area (Å²) in [5.74, 6) is -0.0313. The van der Waals surface area contributed by atoms with Crippen molar-refractivity contribution in [2.24, 2.45) is 0 Å². The summed E-state index contributed by atoms with van der Waals surface area (Å²) in [6, 6.07) is 0. The zero-order valence-electron chi connectivity index (χ0n) is 65.4. The van der Waals surface area contributed by atoms with Crippen LogP contribution in [0.25, 0.3) is 22.3 Å². The summed E-state index contributed by atoms with van der Waals surface area (Å²) in [5, 5.41) is 0. The number of aromatic nitrogens is 16. The molecule has 0 amide bonds. The van der Waals surface area contributed by atoms with Crippen molar-refractivity contribution in [1.29, 1.82) is 0 Å². The summed E-state index contributed by atoms with van der Waals surface area (Å²) in [6.07, 6.45) is -14.5. The van der Waals surface area contributed by atoms with Gasteiger partial charge in [0.1, 0.15) is 124 Å². The molecule has 6 saturated heterocycles. The number of fused-ring (bicyclic) bond motifs is 2. The van der Waals surface area contributed by atoms with Crippen molar-refractivity contribution in [1.82, 2.24) is 77.2 Å². The third-order valence-electron chi connectivity index (χ3n) is 20.5. The van der Waals surface area contributed by atoms with Crippen LogP contribution in [0.2, 0.25) is 0 Å². The molecule has 8 aromatic rings. The van der Waals surface area contributed by atoms with Gasteiger partial charge in [-0.25, -0.2) is 49.1 Å². The van der Waals surface area contributed by atoms with E-state index in [9.17, 15) is 62.6 Å². The second kappa shape index (κ2) is 38.0. The fourth-order valence-corrected chi connectivity index (χ4v) is 22.6. The molecule has 12 unspecified atom stereocenters. The van der Waals surface area contributed by atoms with E-state index in [0.717, 1.165) is 44.1 Å². The Kier molecular flexibility index (Phi) is 29.0. The average molecular weight is 1960 g/mol. The Morgan fingerprint density at radius 2 is 0.742 bits per heavy atom. The molecule has 6 fully saturated rings. The number of aromatic amines is 3. The molecule has 0 aliphatic carbocycles. The Hall–Kier alpha value is -5.67. The van der Waals surface area contributed by atoms with Crippen LogP contribution in [0.1, 0.15) is 111 Å². The largest absolute Gasteiger partial charge is 0.780 e. The quantitative estimate of drug-likeness (QED) is 0.0184. The third-order valence-corrected chi connectivity index (χ3v) is 30.1. The molecule has 0 spiro atoms. The van der Waals surface area contributed by atoms with Crippen molar-refractivity contribution in [3.05, 3.63) is 145 Å². The molecule has 10 N–H and O–H groups in total. The van der Waals surface area contributed by atoms with E-state index < -0.39 is 236 Å². The summed E-state index contributed by atoms with van der Waals surface area (Å²) in [4.78, 5) is 195. The van der Waals surface area contributed by atoms with Gasteiger partial charge in [0.2, 0.25) is 0 Å². The SMILES string of the molecule is CC[C@H]1O[C@@H](n2cc(C)c(=O)[nH]c2=O)CC1OP([O-])(=S)OC[C@H]1O[C@@H](n2cnc3c(N)ncnc32)CC1OP(=O)([S-])OC[C@H]1O[C@@H](n2cc(C)c(=O)[nH]c2=O)CC1OP([O-])(=S)OC[C@H]1O[C@@H](n2cc(C)c(=O)[nH]c2=O)CC1OP([O-])(=S)OC[C@H]1O[C@@H](n2cnc3c(N)ncnc32)CC1OP([O-])(=S)OC[C@H]1O[C@@H](n2cc(C)c(N)nc2=O)CC1OP(O)(=S)OC. The molecule has 24 atom stereocenters. The topological polar surface area (TPSA) is 660 Å². The number of hydrogen-bond acceptors (Lipinski definition) is 46. The molecule has 14 heterocycles. The maximum absolute atomic E-state index is 14.8. The van der Waals surface area contributed by atoms with Crippen molar-refractivity contribution < 1.29 is 112 Å². The molecule has 8 aromatic heterocycles. The number of rotatable bonds is 35. The highest BCUT2D eigenvalue weighted by Gasteiger charge is 2.48. The van der Waals surface area contributed by atoms with Crippen LogP contribution in [-0.2, 0) is 159 Å². The molecule has 62 heteroatoms. The van der Waals surface area contributed by atoms with Gasteiger partial charge >= 0.3 is 29.5 Å². The van der Waals surface area contributed by atoms with Gasteiger partial charge in [-0.3, -0.25) is 61.3 Å². The molecule has 678 valence electrons. The van der Waals surface area contributed by atoms with E-state index in [0.29, 0.717) is 12.0 Å². The number of nitrogen functional groups attached to an aromatic ring is 3. The van der Waals surface area contributed by atoms with Gasteiger partial charge in [0.05, 0.1) is 88.4 Å². The highest BCUT2D eigenvalue weighted by molar-refractivity contribution is 8.32. The van der Waals surface area contributed by atoms with Crippen LogP contribution in [0.5, 0.6) is 0 Å². The summed E-state index contributed by atoms with van der Waals surface area (Å²) >= 11 is 32.5. The number of nitrogens with one attached hydrogen (secondary N) is 3. The lowest BCUT2D eigenvalue weighted by atomic mass is 10.1. The second-order valence-corrected chi connectivity index (χ2v) is 45.4. The molecule has 0 radical (unpaired) electrons. The first-order chi connectivity index (χ1) is 58.4. The van der Waals surface area contributed by atoms with Gasteiger partial charge in [-0.05, 0) is 45.9 Å². The molecule has 124 heavy (non-hydrogen) atoms. The lowest BCUT2D eigenvalue weighted by molar-refractivity contribution is -0.221. The number of ether oxygens (including phenoxy) is 6. The van der Waals surface area contributed by atoms with Gasteiger partial charge in [0.25, 0.3) is 16.7 Å². The molecule has 50 nitrogen and oxygen atoms in total. The number of anilines is 3. The van der Waals surface area contributed by atoms with E-state index >= 15 is 0 Å². The number of nitrogens with two attached hydrogens (primary N) is 3. The predicted octanol–water partition coefficient (Wildman–Crippen LogP) is -1.06. The normalized spacial score (nSPS) is 29.6. The highest BCUT2D eigenvalue weighted by atomic mass is 32.7. The van der Waals surface area contributed by atoms with Crippen LogP contribution >= 0.6 is 40.4 Å². The minimum Gasteiger partial charge on any atom is -0.780 e. The van der Waals surface area contributed by atoms with Gasteiger partial charge < -0.3 is 137 Å². The van der Waals surface area contributed by atoms with Crippen molar-refractivity contribution in [2.45, 2.75) is 190 Å². The first kappa shape index (κ1) is 94.4. The molecular weight excluding hydrogens is 1890 g/mol. The van der Waals surface area contributed by atoms with Crippen LogP contribution in [0.4, 0.5) is 17.5 Å². The zero-order valence-corrected chi connectivity index (χ0v) is 75.6. The Morgan fingerprint density at radius 3 is 1.09 bits per heavy atom. The summed E-state index contributed by atoms with van der Waals surface area (Å²) in [5.41, 5.74) is 13.8. The van der Waals surface area contributed by atoms with Gasteiger partial charge in [0, 0.05) is 92.7 Å². The lowest BCUT2D eigenvalue weighted by Crippen LogP contribution is -2.34. The third kappa shape index (κ3) is 22.0. The highest BCUT2D eigenvalue weighted by Crippen LogP contribution is 2.56. The van der Waals surface area contributed by atoms with E-state index in [1.807, 2.05) is 0 Å². The summed E-state index contributed by atoms with van der Waals surface area (Å²) < 4.78 is 129. The standard InChI is InChI=1S/C62H83N19O31P6S6/c1-7-31-32(8-43(101-31)77-15-28(3)56(82)73-60(77)86)108-114(90,120)96-21-41-36(12-47(105-41)80-25-70-49-52(64)66-23-68-54(49)80)112-118(94,124)99-20-40-34(10-45(104-40)78-16-29(4)57(83)74-61(78)87)109-115(91,121)98-19-39-35(11-46(103-39)79-17-30(5)58(84)75-62(79)88)110-116(92,122)100-22-42-37(13-48(106-42)81-26-71-50-53(65)67-24-69-55(50)81)111-117(93,123)97-18-38-33(107-113(89,119)95-6)9-44(102-38)76-14-27(2)51(63)72-59(76)85/h14-17,23-26,31-48H,7-13,18-22H2,1-6H3,(H,89,119)(H,90,120)(H,91,121)(H,92,122)(H,93,123)(H,94,124)(H2,63,72,85)(H2,64,66,68)(H2,65,67,69)(H,73,82,86)(H,74,83,87)(H,75,84,88)/p-5/t31-,32?,33?,34?,35?,36?,37?,38-,39-,40-,41-,42-,43-,44-,45-,46-,47-,48-,113?,114?,115?,116?,117?,118?/m1/s1.